The van der Waals surface area contributed by atoms with Crippen LogP contribution in [0, 0.1) is 23.3 Å². The van der Waals surface area contributed by atoms with Gasteiger partial charge in [0.25, 0.3) is 0 Å². The maximum absolute atomic E-state index is 14.2. The first-order chi connectivity index (χ1) is 26.9. The van der Waals surface area contributed by atoms with Crippen LogP contribution in [0.5, 0.6) is 0 Å². The normalized spacial score (nSPS) is 12.5. The van der Waals surface area contributed by atoms with Crippen LogP contribution < -0.4 is 30.5 Å². The quantitative estimate of drug-likeness (QED) is 0.113. The van der Waals surface area contributed by atoms with Crippen molar-refractivity contribution in [3.8, 4) is 11.1 Å². The number of rotatable bonds is 8. The summed E-state index contributed by atoms with van der Waals surface area (Å²) in [7, 11) is -3.11. The van der Waals surface area contributed by atoms with Gasteiger partial charge in [0.1, 0.15) is 23.3 Å². The van der Waals surface area contributed by atoms with Gasteiger partial charge in [0.2, 0.25) is 0 Å². The Morgan fingerprint density at radius 2 is 0.600 bits per heavy atom. The van der Waals surface area contributed by atoms with Crippen molar-refractivity contribution in [1.82, 2.24) is 0 Å². The lowest BCUT2D eigenvalue weighted by atomic mass is 10.1. The van der Waals surface area contributed by atoms with Gasteiger partial charge in [-0.15, -0.1) is 0 Å². The van der Waals surface area contributed by atoms with E-state index in [4.69, 9.17) is 0 Å². The molecule has 2 nitrogen and oxygen atoms in total. The average molecular weight is 741 g/mol. The molecule has 0 amide bonds. The zero-order valence-electron chi connectivity index (χ0n) is 29.4. The van der Waals surface area contributed by atoms with E-state index < -0.39 is 8.07 Å². The first-order valence-corrected chi connectivity index (χ1v) is 19.9. The molecule has 55 heavy (non-hydrogen) atoms. The number of hydrogen-bond acceptors (Lipinski definition) is 2. The second-order valence-corrected chi connectivity index (χ2v) is 17.3. The maximum atomic E-state index is 14.2. The van der Waals surface area contributed by atoms with Crippen LogP contribution in [0.3, 0.4) is 0 Å². The summed E-state index contributed by atoms with van der Waals surface area (Å²) >= 11 is 0. The van der Waals surface area contributed by atoms with Crippen molar-refractivity contribution in [3.63, 3.8) is 0 Å². The van der Waals surface area contributed by atoms with Crippen LogP contribution >= 0.6 is 0 Å². The van der Waals surface area contributed by atoms with Gasteiger partial charge in [-0.3, -0.25) is 0 Å². The third kappa shape index (κ3) is 5.99. The van der Waals surface area contributed by atoms with Crippen LogP contribution in [0.1, 0.15) is 0 Å². The summed E-state index contributed by atoms with van der Waals surface area (Å²) in [5.74, 6) is -1.40. The lowest BCUT2D eigenvalue weighted by Crippen LogP contribution is -2.72. The van der Waals surface area contributed by atoms with E-state index in [2.05, 4.69) is 84.9 Å². The molecular weight excluding hydrogens is 709 g/mol. The number of benzene rings is 8. The zero-order chi connectivity index (χ0) is 37.5. The van der Waals surface area contributed by atoms with Gasteiger partial charge >= 0.3 is 0 Å². The van der Waals surface area contributed by atoms with Gasteiger partial charge in [0, 0.05) is 34.1 Å². The molecule has 0 bridgehead atoms. The summed E-state index contributed by atoms with van der Waals surface area (Å²) in [6.45, 7) is 0. The maximum Gasteiger partial charge on any atom is 0.181 e. The second kappa shape index (κ2) is 13.9. The Kier molecular flexibility index (Phi) is 8.64. The largest absolute Gasteiger partial charge is 0.311 e. The Balaban J connectivity index is 1.30. The summed E-state index contributed by atoms with van der Waals surface area (Å²) in [5.41, 5.74) is 6.91. The molecule has 1 aliphatic heterocycles. The fraction of sp³-hybridized carbons (Fsp3) is 0. The number of nitrogens with zero attached hydrogens (tertiary/aromatic N) is 2. The highest BCUT2D eigenvalue weighted by Gasteiger charge is 2.49. The highest BCUT2D eigenvalue weighted by atomic mass is 28.3. The Bertz CT molecular complexity index is 2370. The third-order valence-corrected chi connectivity index (χ3v) is 15.2. The minimum Gasteiger partial charge on any atom is -0.311 e. The smallest absolute Gasteiger partial charge is 0.181 e. The van der Waals surface area contributed by atoms with Crippen LogP contribution in [-0.2, 0) is 0 Å². The Morgan fingerprint density at radius 1 is 0.291 bits per heavy atom. The molecule has 0 atom stereocenters. The van der Waals surface area contributed by atoms with Gasteiger partial charge in [0.15, 0.2) is 8.07 Å². The molecule has 8 aromatic rings. The van der Waals surface area contributed by atoms with Crippen molar-refractivity contribution in [1.29, 1.82) is 0 Å². The summed E-state index contributed by atoms with van der Waals surface area (Å²) in [6.07, 6.45) is 0. The van der Waals surface area contributed by atoms with Crippen molar-refractivity contribution in [2.75, 3.05) is 9.80 Å². The number of fused-ring (bicyclic) bond motifs is 3. The molecule has 8 aromatic carbocycles. The number of anilines is 6. The highest BCUT2D eigenvalue weighted by Crippen LogP contribution is 2.38. The van der Waals surface area contributed by atoms with Gasteiger partial charge < -0.3 is 9.80 Å². The SMILES string of the molecule is Fc1ccc(N(c2ccc(F)cc2)c2cccc([Si]3(c4cccc(N(c5ccc(F)cc5)c5ccc(F)cc5)c4)c4ccccc4-c4ccccc43)c2)cc1. The van der Waals surface area contributed by atoms with Crippen molar-refractivity contribution >= 4 is 62.9 Å². The Morgan fingerprint density at radius 3 is 0.927 bits per heavy atom. The van der Waals surface area contributed by atoms with E-state index in [1.54, 1.807) is 48.5 Å². The summed E-state index contributed by atoms with van der Waals surface area (Å²) in [5, 5.41) is 4.69. The Labute approximate surface area is 317 Å². The molecule has 0 radical (unpaired) electrons. The van der Waals surface area contributed by atoms with Crippen LogP contribution in [-0.4, -0.2) is 8.07 Å². The molecule has 1 aliphatic rings. The fourth-order valence-electron chi connectivity index (χ4n) is 8.04. The van der Waals surface area contributed by atoms with Gasteiger partial charge in [-0.2, -0.15) is 0 Å². The summed E-state index contributed by atoms with van der Waals surface area (Å²) in [6, 6.07) is 59.3. The van der Waals surface area contributed by atoms with Crippen LogP contribution in [0.25, 0.3) is 11.1 Å². The molecule has 0 fully saturated rings. The van der Waals surface area contributed by atoms with E-state index in [0.29, 0.717) is 0 Å². The van der Waals surface area contributed by atoms with E-state index >= 15 is 0 Å². The second-order valence-electron chi connectivity index (χ2n) is 13.5. The van der Waals surface area contributed by atoms with Crippen molar-refractivity contribution in [3.05, 3.63) is 217 Å². The molecule has 0 saturated carbocycles. The van der Waals surface area contributed by atoms with Crippen molar-refractivity contribution < 1.29 is 17.6 Å². The predicted octanol–water partition coefficient (Wildman–Crippen LogP) is 10.5. The minimum atomic E-state index is -3.11. The minimum absolute atomic E-state index is 0.350. The first kappa shape index (κ1) is 34.1. The molecule has 0 saturated heterocycles. The third-order valence-electron chi connectivity index (χ3n) is 10.4. The zero-order valence-corrected chi connectivity index (χ0v) is 30.4. The van der Waals surface area contributed by atoms with Gasteiger partial charge in [-0.1, -0.05) is 72.8 Å². The average Bonchev–Trinajstić information content (AvgIpc) is 3.52. The summed E-state index contributed by atoms with van der Waals surface area (Å²) < 4.78 is 57.0. The van der Waals surface area contributed by atoms with Gasteiger partial charge in [0.05, 0.1) is 0 Å². The Hall–Kier alpha value is -6.70. The van der Waals surface area contributed by atoms with E-state index in [1.807, 2.05) is 21.9 Å². The molecule has 266 valence electrons. The molecule has 0 N–H and O–H groups in total. The van der Waals surface area contributed by atoms with Crippen molar-refractivity contribution in [2.45, 2.75) is 0 Å². The van der Waals surface area contributed by atoms with E-state index in [9.17, 15) is 17.6 Å². The van der Waals surface area contributed by atoms with E-state index in [1.165, 1.54) is 70.0 Å². The van der Waals surface area contributed by atoms with Crippen LogP contribution in [0.15, 0.2) is 194 Å². The summed E-state index contributed by atoms with van der Waals surface area (Å²) in [4.78, 5) is 4.02. The molecule has 0 unspecified atom stereocenters. The lowest BCUT2D eigenvalue weighted by molar-refractivity contribution is 0.627. The highest BCUT2D eigenvalue weighted by molar-refractivity contribution is 7.22. The monoisotopic (exact) mass is 740 g/mol. The van der Waals surface area contributed by atoms with Crippen molar-refractivity contribution in [2.24, 2.45) is 0 Å². The molecule has 0 aromatic heterocycles. The molecular formula is C48H32F4N2Si. The van der Waals surface area contributed by atoms with Gasteiger partial charge in [-0.05, 0) is 153 Å². The molecule has 7 heteroatoms. The molecule has 9 rings (SSSR count). The number of hydrogen-bond donors (Lipinski definition) is 0. The molecule has 0 spiro atoms. The standard InChI is InChI=1S/C48H32F4N2Si/c49-33-15-23-37(24-16-33)53(38-25-17-34(50)18-26-38)41-7-5-9-43(31-41)55(47-13-3-1-11-45(47)46-12-2-4-14-48(46)55)44-10-6-8-42(32-44)54(39-27-19-35(51)20-28-39)40-29-21-36(52)22-30-40/h1-32H. The van der Waals surface area contributed by atoms with Crippen LogP contribution in [0.2, 0.25) is 0 Å². The van der Waals surface area contributed by atoms with E-state index in [0.717, 1.165) is 44.5 Å². The fourth-order valence-corrected chi connectivity index (χ4v) is 13.3. The van der Waals surface area contributed by atoms with Crippen LogP contribution in [0.4, 0.5) is 51.7 Å². The van der Waals surface area contributed by atoms with Gasteiger partial charge in [-0.25, -0.2) is 17.6 Å². The topological polar surface area (TPSA) is 6.48 Å². The van der Waals surface area contributed by atoms with E-state index in [-0.39, 0.29) is 23.3 Å². The molecule has 1 heterocycles. The predicted molar refractivity (Wildman–Crippen MR) is 218 cm³/mol. The number of halogens is 4. The molecule has 0 aliphatic carbocycles. The first-order valence-electron chi connectivity index (χ1n) is 17.9. The lowest BCUT2D eigenvalue weighted by Gasteiger charge is -2.34.